The number of amides is 1. The van der Waals surface area contributed by atoms with E-state index in [1.807, 2.05) is 30.3 Å². The summed E-state index contributed by atoms with van der Waals surface area (Å²) in [6.07, 6.45) is 3.95. The van der Waals surface area contributed by atoms with Crippen molar-refractivity contribution in [3.63, 3.8) is 0 Å². The van der Waals surface area contributed by atoms with Gasteiger partial charge in [0.25, 0.3) is 5.56 Å². The lowest BCUT2D eigenvalue weighted by Gasteiger charge is -2.36. The number of aryl methyl sites for hydroxylation is 1. The zero-order valence-corrected chi connectivity index (χ0v) is 18.7. The molecule has 0 aliphatic carbocycles. The Morgan fingerprint density at radius 1 is 1.09 bits per heavy atom. The summed E-state index contributed by atoms with van der Waals surface area (Å²) < 4.78 is 13.4. The Labute approximate surface area is 195 Å². The second-order valence-electron chi connectivity index (χ2n) is 9.16. The van der Waals surface area contributed by atoms with Crippen molar-refractivity contribution >= 4 is 6.09 Å². The summed E-state index contributed by atoms with van der Waals surface area (Å²) >= 11 is 0. The predicted octanol–water partition coefficient (Wildman–Crippen LogP) is 3.45. The highest BCUT2D eigenvalue weighted by atomic mass is 16.5. The molecule has 3 aromatic rings. The lowest BCUT2D eigenvalue weighted by molar-refractivity contribution is 0.0474. The number of piperidine rings is 1. The Hall–Kier alpha value is -3.88. The Balaban J connectivity index is 1.22. The van der Waals surface area contributed by atoms with Crippen molar-refractivity contribution in [1.29, 1.82) is 0 Å². The highest BCUT2D eigenvalue weighted by Gasteiger charge is 2.44. The smallest absolute Gasteiger partial charge is 0.407 e. The summed E-state index contributed by atoms with van der Waals surface area (Å²) in [5, 5.41) is 13.6. The molecule has 174 valence electrons. The van der Waals surface area contributed by atoms with Gasteiger partial charge in [-0.25, -0.2) is 9.48 Å². The Morgan fingerprint density at radius 2 is 1.85 bits per heavy atom. The van der Waals surface area contributed by atoms with Crippen LogP contribution in [-0.4, -0.2) is 49.1 Å². The molecule has 2 fully saturated rings. The molecule has 1 amide bonds. The van der Waals surface area contributed by atoms with Gasteiger partial charge < -0.3 is 19.5 Å². The molecule has 6 rings (SSSR count). The molecule has 3 atom stereocenters. The number of nitrogens with zero attached hydrogens (tertiary/aromatic N) is 4. The average Bonchev–Trinajstić information content (AvgIpc) is 3.11. The molecule has 3 aliphatic rings. The molecule has 1 N–H and O–H groups in total. The molecule has 9 heteroatoms. The average molecular weight is 460 g/mol. The first-order chi connectivity index (χ1) is 16.5. The van der Waals surface area contributed by atoms with Crippen LogP contribution in [0.2, 0.25) is 0 Å². The molecule has 2 bridgehead atoms. The minimum absolute atomic E-state index is 0.0243. The standard InChI is InChI=1S/C25H24N4O5/c1-28-23(30)9-15(12-26-28)14-2-5-20-16(8-14)13-33-24-21(20)6-7-22(27-24)34-19-10-17-3-4-18(11-19)29(17)25(31)32/h2,5-9,12,17-19H,3-4,10-11,13H2,1H3,(H,31,32)/t17-,18+,19?. The van der Waals surface area contributed by atoms with E-state index in [0.29, 0.717) is 31.2 Å². The van der Waals surface area contributed by atoms with E-state index in [-0.39, 0.29) is 23.7 Å². The molecule has 5 heterocycles. The first-order valence-corrected chi connectivity index (χ1v) is 11.4. The van der Waals surface area contributed by atoms with E-state index in [2.05, 4.69) is 10.1 Å². The van der Waals surface area contributed by atoms with Crippen molar-refractivity contribution in [3.8, 4) is 34.0 Å². The van der Waals surface area contributed by atoms with Crippen LogP contribution in [0.5, 0.6) is 11.8 Å². The third-order valence-corrected chi connectivity index (χ3v) is 7.09. The van der Waals surface area contributed by atoms with Crippen LogP contribution in [0.15, 0.2) is 47.4 Å². The summed E-state index contributed by atoms with van der Waals surface area (Å²) in [7, 11) is 1.62. The van der Waals surface area contributed by atoms with E-state index < -0.39 is 6.09 Å². The summed E-state index contributed by atoms with van der Waals surface area (Å²) in [5.74, 6) is 1.03. The zero-order valence-electron chi connectivity index (χ0n) is 18.7. The highest BCUT2D eigenvalue weighted by molar-refractivity contribution is 5.77. The largest absolute Gasteiger partial charge is 0.474 e. The number of fused-ring (bicyclic) bond motifs is 5. The van der Waals surface area contributed by atoms with Crippen LogP contribution in [0.3, 0.4) is 0 Å². The highest BCUT2D eigenvalue weighted by Crippen LogP contribution is 2.40. The number of rotatable bonds is 3. The lowest BCUT2D eigenvalue weighted by Crippen LogP contribution is -2.48. The summed E-state index contributed by atoms with van der Waals surface area (Å²) in [6.45, 7) is 0.367. The minimum atomic E-state index is -0.834. The van der Waals surface area contributed by atoms with Gasteiger partial charge in [-0.3, -0.25) is 4.79 Å². The first kappa shape index (κ1) is 20.7. The molecule has 2 aromatic heterocycles. The van der Waals surface area contributed by atoms with Gasteiger partial charge in [-0.2, -0.15) is 10.1 Å². The van der Waals surface area contributed by atoms with Crippen molar-refractivity contribution in [2.75, 3.05) is 0 Å². The molecule has 1 aromatic carbocycles. The second kappa shape index (κ2) is 7.86. The lowest BCUT2D eigenvalue weighted by atomic mass is 9.95. The van der Waals surface area contributed by atoms with E-state index in [4.69, 9.17) is 9.47 Å². The van der Waals surface area contributed by atoms with Crippen molar-refractivity contribution in [2.45, 2.75) is 50.5 Å². The van der Waals surface area contributed by atoms with Gasteiger partial charge in [0.15, 0.2) is 0 Å². The van der Waals surface area contributed by atoms with Crippen LogP contribution < -0.4 is 15.0 Å². The summed E-state index contributed by atoms with van der Waals surface area (Å²) in [4.78, 5) is 29.7. The molecule has 34 heavy (non-hydrogen) atoms. The molecule has 9 nitrogen and oxygen atoms in total. The molecule has 0 spiro atoms. The molecule has 0 saturated carbocycles. The zero-order chi connectivity index (χ0) is 23.4. The minimum Gasteiger partial charge on any atom is -0.474 e. The number of carboxylic acid groups (broad SMARTS) is 1. The van der Waals surface area contributed by atoms with Gasteiger partial charge in [0, 0.05) is 55.2 Å². The molecular formula is C25H24N4O5. The number of carbonyl (C=O) groups is 1. The maximum absolute atomic E-state index is 12.0. The van der Waals surface area contributed by atoms with E-state index >= 15 is 0 Å². The van der Waals surface area contributed by atoms with Gasteiger partial charge in [0.2, 0.25) is 11.8 Å². The van der Waals surface area contributed by atoms with E-state index in [9.17, 15) is 14.7 Å². The normalized spacial score (nSPS) is 22.5. The third kappa shape index (κ3) is 3.48. The predicted molar refractivity (Wildman–Crippen MR) is 123 cm³/mol. The van der Waals surface area contributed by atoms with Gasteiger partial charge in [-0.05, 0) is 41.7 Å². The molecule has 2 saturated heterocycles. The van der Waals surface area contributed by atoms with Crippen LogP contribution in [0.25, 0.3) is 22.3 Å². The molecule has 3 aliphatic heterocycles. The van der Waals surface area contributed by atoms with Gasteiger partial charge in [-0.1, -0.05) is 12.1 Å². The number of pyridine rings is 1. The number of hydrogen-bond acceptors (Lipinski definition) is 6. The van der Waals surface area contributed by atoms with Gasteiger partial charge in [0.1, 0.15) is 12.7 Å². The number of benzene rings is 1. The Kier molecular flexibility index (Phi) is 4.79. The fourth-order valence-corrected chi connectivity index (χ4v) is 5.44. The maximum atomic E-state index is 12.0. The maximum Gasteiger partial charge on any atom is 0.407 e. The molecule has 0 radical (unpaired) electrons. The van der Waals surface area contributed by atoms with E-state index in [0.717, 1.165) is 40.7 Å². The fraction of sp³-hybridized carbons (Fsp3) is 0.360. The van der Waals surface area contributed by atoms with Gasteiger partial charge in [0.05, 0.1) is 6.20 Å². The van der Waals surface area contributed by atoms with Crippen LogP contribution in [0.4, 0.5) is 4.79 Å². The number of aromatic nitrogens is 3. The SMILES string of the molecule is Cn1ncc(-c2ccc3c(c2)COc2nc(OC4C[C@H]5CC[C@@H](C4)N5C(=O)O)ccc2-3)cc1=O. The summed E-state index contributed by atoms with van der Waals surface area (Å²) in [6, 6.07) is 11.4. The summed E-state index contributed by atoms with van der Waals surface area (Å²) in [5.41, 5.74) is 4.46. The van der Waals surface area contributed by atoms with Gasteiger partial charge in [-0.15, -0.1) is 0 Å². The quantitative estimate of drug-likeness (QED) is 0.638. The third-order valence-electron chi connectivity index (χ3n) is 7.09. The number of hydrogen-bond donors (Lipinski definition) is 1. The number of ether oxygens (including phenoxy) is 2. The van der Waals surface area contributed by atoms with Crippen LogP contribution in [0, 0.1) is 0 Å². The van der Waals surface area contributed by atoms with E-state index in [1.165, 1.54) is 4.68 Å². The van der Waals surface area contributed by atoms with Crippen molar-refractivity contribution in [1.82, 2.24) is 19.7 Å². The van der Waals surface area contributed by atoms with Gasteiger partial charge >= 0.3 is 6.09 Å². The van der Waals surface area contributed by atoms with Crippen molar-refractivity contribution in [3.05, 3.63) is 58.5 Å². The van der Waals surface area contributed by atoms with Crippen LogP contribution >= 0.6 is 0 Å². The van der Waals surface area contributed by atoms with Crippen LogP contribution in [-0.2, 0) is 13.7 Å². The monoisotopic (exact) mass is 460 g/mol. The topological polar surface area (TPSA) is 107 Å². The molecular weight excluding hydrogens is 436 g/mol. The van der Waals surface area contributed by atoms with E-state index in [1.54, 1.807) is 24.2 Å². The van der Waals surface area contributed by atoms with Crippen LogP contribution in [0.1, 0.15) is 31.2 Å². The Bertz CT molecular complexity index is 1340. The Morgan fingerprint density at radius 3 is 2.59 bits per heavy atom. The van der Waals surface area contributed by atoms with Crippen molar-refractivity contribution in [2.24, 2.45) is 7.05 Å². The first-order valence-electron chi connectivity index (χ1n) is 11.4. The van der Waals surface area contributed by atoms with Crippen molar-refractivity contribution < 1.29 is 19.4 Å². The second-order valence-corrected chi connectivity index (χ2v) is 9.16. The molecule has 1 unspecified atom stereocenters. The fourth-order valence-electron chi connectivity index (χ4n) is 5.44.